The maximum Gasteiger partial charge on any atom is 0.240 e. The van der Waals surface area contributed by atoms with Crippen LogP contribution in [-0.2, 0) is 17.8 Å². The number of carbonyl (C=O) groups excluding carboxylic acids is 1. The number of aryl methyl sites for hydroxylation is 1. The summed E-state index contributed by atoms with van der Waals surface area (Å²) in [6.07, 6.45) is 2.90. The number of aromatic nitrogens is 1. The standard InChI is InChI=1S/C16H29N5OS/c1-7-12-9-18-14(23-12)10-19-15(17-8-2)21(6)11-13(22)20-16(3,4)5/h9H,7-8,10-11H2,1-6H3,(H,17,19)(H,20,22). The van der Waals surface area contributed by atoms with Gasteiger partial charge in [0.1, 0.15) is 5.01 Å². The van der Waals surface area contributed by atoms with E-state index in [2.05, 4.69) is 27.5 Å². The maximum atomic E-state index is 12.0. The number of nitrogens with zero attached hydrogens (tertiary/aromatic N) is 3. The minimum absolute atomic E-state index is 0.0203. The number of nitrogens with one attached hydrogen (secondary N) is 2. The lowest BCUT2D eigenvalue weighted by Crippen LogP contribution is -2.48. The molecule has 0 aliphatic carbocycles. The first-order valence-corrected chi connectivity index (χ1v) is 8.80. The summed E-state index contributed by atoms with van der Waals surface area (Å²) in [5.41, 5.74) is -0.231. The normalized spacial score (nSPS) is 12.2. The van der Waals surface area contributed by atoms with E-state index in [4.69, 9.17) is 0 Å². The first-order valence-electron chi connectivity index (χ1n) is 7.99. The van der Waals surface area contributed by atoms with Crippen LogP contribution in [0, 0.1) is 0 Å². The van der Waals surface area contributed by atoms with Gasteiger partial charge in [0.2, 0.25) is 5.91 Å². The monoisotopic (exact) mass is 339 g/mol. The molecule has 23 heavy (non-hydrogen) atoms. The van der Waals surface area contributed by atoms with Gasteiger partial charge in [-0.05, 0) is 34.1 Å². The summed E-state index contributed by atoms with van der Waals surface area (Å²) in [5, 5.41) is 7.16. The second-order valence-electron chi connectivity index (χ2n) is 6.40. The fourth-order valence-corrected chi connectivity index (χ4v) is 2.73. The van der Waals surface area contributed by atoms with Gasteiger partial charge in [0, 0.05) is 30.2 Å². The molecule has 0 atom stereocenters. The van der Waals surface area contributed by atoms with E-state index in [1.807, 2.05) is 45.8 Å². The van der Waals surface area contributed by atoms with Crippen molar-refractivity contribution in [3.05, 3.63) is 16.1 Å². The van der Waals surface area contributed by atoms with Crippen LogP contribution in [0.2, 0.25) is 0 Å². The predicted molar refractivity (Wildman–Crippen MR) is 96.8 cm³/mol. The summed E-state index contributed by atoms with van der Waals surface area (Å²) in [6, 6.07) is 0. The molecule has 0 saturated heterocycles. The number of thiazole rings is 1. The van der Waals surface area contributed by atoms with E-state index >= 15 is 0 Å². The summed E-state index contributed by atoms with van der Waals surface area (Å²) in [5.74, 6) is 0.693. The summed E-state index contributed by atoms with van der Waals surface area (Å²) >= 11 is 1.68. The molecule has 1 rings (SSSR count). The average Bonchev–Trinajstić information content (AvgIpc) is 2.89. The van der Waals surface area contributed by atoms with Crippen molar-refractivity contribution in [3.8, 4) is 0 Å². The molecule has 0 bridgehead atoms. The van der Waals surface area contributed by atoms with Gasteiger partial charge in [-0.1, -0.05) is 6.92 Å². The van der Waals surface area contributed by atoms with Gasteiger partial charge in [-0.25, -0.2) is 9.98 Å². The smallest absolute Gasteiger partial charge is 0.240 e. The number of likely N-dealkylation sites (N-methyl/N-ethyl adjacent to an activating group) is 1. The molecular weight excluding hydrogens is 310 g/mol. The Hall–Kier alpha value is -1.63. The van der Waals surface area contributed by atoms with Crippen molar-refractivity contribution in [3.63, 3.8) is 0 Å². The summed E-state index contributed by atoms with van der Waals surface area (Å²) in [7, 11) is 1.86. The van der Waals surface area contributed by atoms with Gasteiger partial charge in [-0.2, -0.15) is 0 Å². The molecule has 7 heteroatoms. The molecule has 0 fully saturated rings. The van der Waals surface area contributed by atoms with E-state index in [9.17, 15) is 4.79 Å². The largest absolute Gasteiger partial charge is 0.357 e. The molecule has 0 saturated carbocycles. The molecule has 1 amide bonds. The molecule has 6 nitrogen and oxygen atoms in total. The minimum Gasteiger partial charge on any atom is -0.357 e. The van der Waals surface area contributed by atoms with E-state index in [1.165, 1.54) is 4.88 Å². The van der Waals surface area contributed by atoms with Gasteiger partial charge < -0.3 is 15.5 Å². The van der Waals surface area contributed by atoms with Crippen molar-refractivity contribution in [1.29, 1.82) is 0 Å². The summed E-state index contributed by atoms with van der Waals surface area (Å²) in [4.78, 5) is 24.1. The third-order valence-electron chi connectivity index (χ3n) is 2.91. The summed E-state index contributed by atoms with van der Waals surface area (Å²) < 4.78 is 0. The number of amides is 1. The van der Waals surface area contributed by atoms with Crippen LogP contribution in [0.1, 0.15) is 44.5 Å². The van der Waals surface area contributed by atoms with E-state index in [-0.39, 0.29) is 18.0 Å². The number of guanidine groups is 1. The average molecular weight is 340 g/mol. The molecule has 0 radical (unpaired) electrons. The molecule has 2 N–H and O–H groups in total. The van der Waals surface area contributed by atoms with Crippen molar-refractivity contribution < 1.29 is 4.79 Å². The number of hydrogen-bond donors (Lipinski definition) is 2. The lowest BCUT2D eigenvalue weighted by Gasteiger charge is -2.25. The molecule has 130 valence electrons. The zero-order valence-corrected chi connectivity index (χ0v) is 15.9. The molecule has 0 aliphatic heterocycles. The van der Waals surface area contributed by atoms with Crippen LogP contribution in [0.4, 0.5) is 0 Å². The first kappa shape index (κ1) is 19.4. The first-order chi connectivity index (χ1) is 10.7. The number of hydrogen-bond acceptors (Lipinski definition) is 4. The fourth-order valence-electron chi connectivity index (χ4n) is 1.94. The minimum atomic E-state index is -0.231. The van der Waals surface area contributed by atoms with Crippen molar-refractivity contribution in [1.82, 2.24) is 20.5 Å². The van der Waals surface area contributed by atoms with Crippen molar-refractivity contribution in [2.45, 2.75) is 53.1 Å². The number of carbonyl (C=O) groups is 1. The van der Waals surface area contributed by atoms with Crippen molar-refractivity contribution in [2.75, 3.05) is 20.1 Å². The Morgan fingerprint density at radius 1 is 1.39 bits per heavy atom. The van der Waals surface area contributed by atoms with Gasteiger partial charge >= 0.3 is 0 Å². The molecule has 1 aromatic rings. The third kappa shape index (κ3) is 7.45. The lowest BCUT2D eigenvalue weighted by atomic mass is 10.1. The molecule has 1 heterocycles. The predicted octanol–water partition coefficient (Wildman–Crippen LogP) is 2.02. The van der Waals surface area contributed by atoms with Gasteiger partial charge in [0.05, 0.1) is 13.1 Å². The van der Waals surface area contributed by atoms with E-state index in [0.29, 0.717) is 12.5 Å². The van der Waals surface area contributed by atoms with Crippen molar-refractivity contribution >= 4 is 23.2 Å². The Balaban J connectivity index is 2.67. The van der Waals surface area contributed by atoms with Gasteiger partial charge in [0.25, 0.3) is 0 Å². The zero-order valence-electron chi connectivity index (χ0n) is 15.1. The quantitative estimate of drug-likeness (QED) is 0.614. The lowest BCUT2D eigenvalue weighted by molar-refractivity contribution is -0.122. The SMILES string of the molecule is CCNC(=NCc1ncc(CC)s1)N(C)CC(=O)NC(C)(C)C. The van der Waals surface area contributed by atoms with Gasteiger partial charge in [0.15, 0.2) is 5.96 Å². The second kappa shape index (κ2) is 8.86. The second-order valence-corrected chi connectivity index (χ2v) is 7.60. The molecule has 0 aliphatic rings. The van der Waals surface area contributed by atoms with Crippen LogP contribution < -0.4 is 10.6 Å². The van der Waals surface area contributed by atoms with Crippen LogP contribution in [-0.4, -0.2) is 47.4 Å². The maximum absolute atomic E-state index is 12.0. The highest BCUT2D eigenvalue weighted by Gasteiger charge is 2.16. The van der Waals surface area contributed by atoms with Crippen LogP contribution in [0.3, 0.4) is 0 Å². The highest BCUT2D eigenvalue weighted by molar-refractivity contribution is 7.11. The Labute approximate surface area is 143 Å². The Bertz CT molecular complexity index is 533. The Morgan fingerprint density at radius 3 is 2.61 bits per heavy atom. The van der Waals surface area contributed by atoms with Gasteiger partial charge in [-0.3, -0.25) is 4.79 Å². The molecule has 0 unspecified atom stereocenters. The van der Waals surface area contributed by atoms with E-state index in [1.54, 1.807) is 11.3 Å². The summed E-state index contributed by atoms with van der Waals surface area (Å²) in [6.45, 7) is 11.6. The van der Waals surface area contributed by atoms with Gasteiger partial charge in [-0.15, -0.1) is 11.3 Å². The highest BCUT2D eigenvalue weighted by atomic mass is 32.1. The number of aliphatic imine (C=N–C) groups is 1. The molecular formula is C16H29N5OS. The van der Waals surface area contributed by atoms with Crippen LogP contribution in [0.15, 0.2) is 11.2 Å². The van der Waals surface area contributed by atoms with Crippen LogP contribution >= 0.6 is 11.3 Å². The van der Waals surface area contributed by atoms with Crippen molar-refractivity contribution in [2.24, 2.45) is 4.99 Å². The number of rotatable bonds is 6. The molecule has 0 spiro atoms. The van der Waals surface area contributed by atoms with E-state index < -0.39 is 0 Å². The van der Waals surface area contributed by atoms with Crippen LogP contribution in [0.5, 0.6) is 0 Å². The Morgan fingerprint density at radius 2 is 2.09 bits per heavy atom. The topological polar surface area (TPSA) is 69.6 Å². The van der Waals surface area contributed by atoms with Crippen LogP contribution in [0.25, 0.3) is 0 Å². The highest BCUT2D eigenvalue weighted by Crippen LogP contribution is 2.14. The Kier molecular flexibility index (Phi) is 7.48. The fraction of sp³-hybridized carbons (Fsp3) is 0.688. The molecule has 0 aromatic carbocycles. The third-order valence-corrected chi connectivity index (χ3v) is 4.03. The zero-order chi connectivity index (χ0) is 17.5. The van der Waals surface area contributed by atoms with E-state index in [0.717, 1.165) is 18.0 Å². The molecule has 1 aromatic heterocycles.